The predicted molar refractivity (Wildman–Crippen MR) is 223 cm³/mol. The summed E-state index contributed by atoms with van der Waals surface area (Å²) in [7, 11) is 0. The fourth-order valence-electron chi connectivity index (χ4n) is 6.10. The number of amides is 10. The molecule has 1 saturated heterocycles. The highest BCUT2D eigenvalue weighted by Gasteiger charge is 2.42. The van der Waals surface area contributed by atoms with Crippen molar-refractivity contribution >= 4 is 86.3 Å². The molecule has 1 fully saturated rings. The van der Waals surface area contributed by atoms with E-state index in [1.165, 1.54) is 22.6 Å². The molecule has 0 aliphatic carbocycles. The highest BCUT2D eigenvalue weighted by molar-refractivity contribution is 14.1. The fourth-order valence-corrected chi connectivity index (χ4v) is 6.50. The Bertz CT molecular complexity index is 1660. The van der Waals surface area contributed by atoms with Crippen LogP contribution in [-0.2, 0) is 47.9 Å². The van der Waals surface area contributed by atoms with Gasteiger partial charge in [0.05, 0.1) is 18.6 Å². The second-order valence-corrected chi connectivity index (χ2v) is 15.5. The lowest BCUT2D eigenvalue weighted by Gasteiger charge is -2.34. The molecule has 16 N–H and O–H groups in total. The summed E-state index contributed by atoms with van der Waals surface area (Å²) < 4.78 is 5.04. The molecule has 64 heavy (non-hydrogen) atoms. The quantitative estimate of drug-likeness (QED) is 0.00747. The van der Waals surface area contributed by atoms with Crippen LogP contribution >= 0.6 is 22.6 Å². The molecule has 0 bridgehead atoms. The van der Waals surface area contributed by atoms with Crippen LogP contribution in [0.25, 0.3) is 0 Å². The molecule has 0 spiro atoms. The van der Waals surface area contributed by atoms with Crippen LogP contribution < -0.4 is 48.7 Å². The Morgan fingerprint density at radius 2 is 1.38 bits per heavy atom. The van der Waals surface area contributed by atoms with Crippen LogP contribution in [0.15, 0.2) is 0 Å². The number of primary amides is 1. The van der Waals surface area contributed by atoms with Crippen LogP contribution in [0.2, 0.25) is 0 Å². The number of nitrogens with one attached hydrogen (secondary N) is 7. The third kappa shape index (κ3) is 19.9. The Hall–Kier alpha value is -5.50. The molecule has 0 aromatic carbocycles. The van der Waals surface area contributed by atoms with Gasteiger partial charge in [-0.3, -0.25) is 48.8 Å². The number of ether oxygens (including phenoxy) is 1. The number of rotatable bonds is 21. The number of hydrogen-bond acceptors (Lipinski definition) is 17. The maximum atomic E-state index is 14.3. The topological polar surface area (TPSA) is 441 Å². The number of aliphatic hydroxyl groups excluding tert-OH is 2. The van der Waals surface area contributed by atoms with Crippen LogP contribution in [0, 0.1) is 5.92 Å². The van der Waals surface area contributed by atoms with E-state index in [-0.39, 0.29) is 82.6 Å². The number of hydroxylamine groups is 4. The predicted octanol–water partition coefficient (Wildman–Crippen LogP) is -5.24. The van der Waals surface area contributed by atoms with Gasteiger partial charge in [-0.2, -0.15) is 0 Å². The number of nitrogens with zero attached hydrogens (tertiary/aromatic N) is 2. The van der Waals surface area contributed by atoms with Gasteiger partial charge >= 0.3 is 18.0 Å². The lowest BCUT2D eigenvalue weighted by atomic mass is 9.92. The van der Waals surface area contributed by atoms with E-state index in [0.717, 1.165) is 13.8 Å². The first-order valence-corrected chi connectivity index (χ1v) is 21.0. The monoisotopic (exact) mass is 1030 g/mol. The number of carboxylic acids is 1. The zero-order valence-electron chi connectivity index (χ0n) is 35.0. The number of carbonyl (C=O) groups excluding carboxylic acids is 10. The molecule has 29 heteroatoms. The smallest absolute Gasteiger partial charge is 0.335 e. The maximum Gasteiger partial charge on any atom is 0.335 e. The zero-order chi connectivity index (χ0) is 48.7. The van der Waals surface area contributed by atoms with Gasteiger partial charge in [0.2, 0.25) is 41.9 Å². The molecule has 0 saturated carbocycles. The molecule has 0 aromatic rings. The molecule has 1 heterocycles. The summed E-state index contributed by atoms with van der Waals surface area (Å²) in [6, 6.07) is -11.5. The van der Waals surface area contributed by atoms with Gasteiger partial charge < -0.3 is 68.7 Å². The molecular formula is C35H58IN11O17. The van der Waals surface area contributed by atoms with E-state index in [0.29, 0.717) is 5.06 Å². The number of hydrogen-bond donors (Lipinski definition) is 14. The first-order chi connectivity index (χ1) is 30.1. The van der Waals surface area contributed by atoms with Crippen LogP contribution in [0.4, 0.5) is 9.59 Å². The second kappa shape index (κ2) is 29.0. The highest BCUT2D eigenvalue weighted by atomic mass is 127. The molecule has 9 atom stereocenters. The zero-order valence-corrected chi connectivity index (χ0v) is 37.2. The lowest BCUT2D eigenvalue weighted by Crippen LogP contribution is -2.62. The van der Waals surface area contributed by atoms with E-state index < -0.39 is 125 Å². The molecule has 1 aliphatic heterocycles. The molecule has 1 aliphatic rings. The largest absolute Gasteiger partial charge is 0.479 e. The van der Waals surface area contributed by atoms with Gasteiger partial charge in [-0.25, -0.2) is 24.5 Å². The third-order valence-corrected chi connectivity index (χ3v) is 9.91. The Morgan fingerprint density at radius 1 is 0.828 bits per heavy atom. The van der Waals surface area contributed by atoms with Crippen molar-refractivity contribution in [3.05, 3.63) is 0 Å². The van der Waals surface area contributed by atoms with Gasteiger partial charge in [-0.1, -0.05) is 0 Å². The highest BCUT2D eigenvalue weighted by Crippen LogP contribution is 2.20. The van der Waals surface area contributed by atoms with Crippen molar-refractivity contribution in [3.8, 4) is 0 Å². The maximum absolute atomic E-state index is 14.3. The molecule has 362 valence electrons. The van der Waals surface area contributed by atoms with E-state index in [4.69, 9.17) is 16.2 Å². The van der Waals surface area contributed by atoms with Crippen molar-refractivity contribution < 1.29 is 83.2 Å². The normalized spacial score (nSPS) is 23.7. The van der Waals surface area contributed by atoms with Gasteiger partial charge in [-0.15, -0.1) is 0 Å². The molecule has 0 radical (unpaired) electrons. The summed E-state index contributed by atoms with van der Waals surface area (Å²) in [6.07, 6.45) is -5.79. The summed E-state index contributed by atoms with van der Waals surface area (Å²) >= 11 is 1.31. The molecule has 9 unspecified atom stereocenters. The summed E-state index contributed by atoms with van der Waals surface area (Å²) in [5.74, 6) is -12.0. The van der Waals surface area contributed by atoms with Crippen molar-refractivity contribution in [2.75, 3.05) is 32.8 Å². The van der Waals surface area contributed by atoms with Gasteiger partial charge in [0.15, 0.2) is 6.10 Å². The summed E-state index contributed by atoms with van der Waals surface area (Å²) in [5, 5.41) is 66.6. The number of carbonyl (C=O) groups is 11. The fraction of sp³-hybridized carbons (Fsp3) is 0.686. The number of urea groups is 1. The first-order valence-electron chi connectivity index (χ1n) is 19.9. The van der Waals surface area contributed by atoms with Crippen molar-refractivity contribution in [1.29, 1.82) is 0 Å². The minimum atomic E-state index is -2.71. The number of halogens is 1. The molecule has 1 rings (SSSR count). The minimum Gasteiger partial charge on any atom is -0.479 e. The number of esters is 1. The number of aliphatic carboxylic acids is 1. The van der Waals surface area contributed by atoms with Gasteiger partial charge in [0.25, 0.3) is 3.91 Å². The van der Waals surface area contributed by atoms with Crippen molar-refractivity contribution in [2.45, 2.75) is 114 Å². The standard InChI is InChI=1S/C35H58IN11O17/c1-17-26(19(44-34(36)60)9-5-13-46(62)16-49)64-33(59)22(10-6-14-47(63)18(2)50)42-29(54)21(8-4-12-39-35(38)61)40-28(53)20(7-3-11-37)41-30(55)23(15-48)43-31(56)24(45-27(17)52)25(51)32(57)58/h16-17,19-26,48,51,62-63H,3-15,37H2,1-2H3,(H,40,53)(H,41,55)(H,42,54)(H,43,56)(H,44,60)(H,45,52)(H,57,58)(H3,38,39,61). The van der Waals surface area contributed by atoms with E-state index in [9.17, 15) is 78.5 Å². The van der Waals surface area contributed by atoms with E-state index >= 15 is 0 Å². The second-order valence-electron chi connectivity index (χ2n) is 14.5. The van der Waals surface area contributed by atoms with E-state index in [1.54, 1.807) is 0 Å². The molecule has 28 nitrogen and oxygen atoms in total. The lowest BCUT2D eigenvalue weighted by molar-refractivity contribution is -0.163. The minimum absolute atomic E-state index is 0.00389. The molecular weight excluding hydrogens is 973 g/mol. The van der Waals surface area contributed by atoms with E-state index in [1.807, 2.05) is 10.6 Å². The van der Waals surface area contributed by atoms with Gasteiger partial charge in [-0.05, 0) is 64.8 Å². The van der Waals surface area contributed by atoms with Crippen molar-refractivity contribution in [3.63, 3.8) is 0 Å². The van der Waals surface area contributed by atoms with E-state index in [2.05, 4.69) is 26.6 Å². The van der Waals surface area contributed by atoms with Crippen molar-refractivity contribution in [2.24, 2.45) is 17.4 Å². The number of carboxylic acid groups (broad SMARTS) is 1. The number of aliphatic hydroxyl groups is 2. The summed E-state index contributed by atoms with van der Waals surface area (Å²) in [5.41, 5.74) is 10.8. The molecule has 0 aromatic heterocycles. The SMILES string of the molecule is CC(=O)N(O)CCCC1NC(=O)C(CCCNC(N)=O)NC(=O)C(CCCN)NC(=O)C(CO)NC(=O)C(C(O)C(=O)O)NC(=O)C(C)C(C(CCCN(O)C=O)NC(=O)I)OC1=O. The summed E-state index contributed by atoms with van der Waals surface area (Å²) in [6.45, 7) is 0.138. The third-order valence-electron chi connectivity index (χ3n) is 9.60. The van der Waals surface area contributed by atoms with Crippen molar-refractivity contribution in [1.82, 2.24) is 47.3 Å². The number of cyclic esters (lactones) is 1. The van der Waals surface area contributed by atoms with Crippen LogP contribution in [0.5, 0.6) is 0 Å². The van der Waals surface area contributed by atoms with Crippen LogP contribution in [0.3, 0.4) is 0 Å². The average Bonchev–Trinajstić information content (AvgIpc) is 3.23. The van der Waals surface area contributed by atoms with Gasteiger partial charge in [0, 0.05) is 49.1 Å². The Kier molecular flexibility index (Phi) is 25.6. The Morgan fingerprint density at radius 3 is 1.89 bits per heavy atom. The first kappa shape index (κ1) is 56.5. The number of nitrogens with two attached hydrogens (primary N) is 2. The summed E-state index contributed by atoms with van der Waals surface area (Å²) in [4.78, 5) is 142. The average molecular weight is 1030 g/mol. The van der Waals surface area contributed by atoms with Gasteiger partial charge in [0.1, 0.15) is 36.3 Å². The Balaban J connectivity index is 4.10. The Labute approximate surface area is 379 Å². The molecule has 10 amide bonds. The van der Waals surface area contributed by atoms with Crippen LogP contribution in [-0.4, -0.2) is 181 Å². The van der Waals surface area contributed by atoms with Crippen LogP contribution in [0.1, 0.15) is 65.2 Å².